The van der Waals surface area contributed by atoms with Crippen molar-refractivity contribution >= 4 is 45.7 Å². The molecule has 9 heteroatoms. The second-order valence-corrected chi connectivity index (χ2v) is 8.13. The van der Waals surface area contributed by atoms with Crippen LogP contribution < -0.4 is 16.0 Å². The first-order valence-electron chi connectivity index (χ1n) is 8.41. The Bertz CT molecular complexity index is 497. The number of guanidine groups is 1. The van der Waals surface area contributed by atoms with Gasteiger partial charge in [0.15, 0.2) is 15.8 Å². The van der Waals surface area contributed by atoms with Crippen molar-refractivity contribution in [2.75, 3.05) is 31.6 Å². The summed E-state index contributed by atoms with van der Waals surface area (Å²) in [7, 11) is -1.26. The smallest absolute Gasteiger partial charge is 0.222 e. The van der Waals surface area contributed by atoms with E-state index in [9.17, 15) is 13.2 Å². The van der Waals surface area contributed by atoms with Crippen molar-refractivity contribution in [3.8, 4) is 0 Å². The molecule has 0 spiro atoms. The van der Waals surface area contributed by atoms with E-state index in [-0.39, 0.29) is 47.4 Å². The lowest BCUT2D eigenvalue weighted by molar-refractivity contribution is -0.121. The Morgan fingerprint density at radius 2 is 1.88 bits per heavy atom. The number of unbranched alkanes of at least 4 members (excludes halogenated alkanes) is 3. The Hall–Kier alpha value is -0.580. The summed E-state index contributed by atoms with van der Waals surface area (Å²) < 4.78 is 22.7. The molecule has 1 aliphatic heterocycles. The van der Waals surface area contributed by atoms with Gasteiger partial charge >= 0.3 is 0 Å². The summed E-state index contributed by atoms with van der Waals surface area (Å²) in [5, 5.41) is 9.08. The molecule has 1 aliphatic rings. The van der Waals surface area contributed by atoms with E-state index in [4.69, 9.17) is 0 Å². The molecule has 0 aromatic carbocycles. The molecule has 0 aromatic heterocycles. The molecule has 0 bridgehead atoms. The third-order valence-electron chi connectivity index (χ3n) is 3.79. The third kappa shape index (κ3) is 10.3. The fourth-order valence-corrected chi connectivity index (χ4v) is 4.16. The maximum Gasteiger partial charge on any atom is 0.222 e. The van der Waals surface area contributed by atoms with Crippen molar-refractivity contribution in [3.05, 3.63) is 0 Å². The van der Waals surface area contributed by atoms with Gasteiger partial charge in [-0.3, -0.25) is 9.79 Å². The highest BCUT2D eigenvalue weighted by Crippen LogP contribution is 2.11. The number of amides is 1. The number of hydrogen-bond donors (Lipinski definition) is 3. The van der Waals surface area contributed by atoms with Crippen LogP contribution in [0.15, 0.2) is 4.99 Å². The number of nitrogens with zero attached hydrogens (tertiary/aromatic N) is 1. The lowest BCUT2D eigenvalue weighted by Gasteiger charge is -2.13. The van der Waals surface area contributed by atoms with Crippen molar-refractivity contribution < 1.29 is 13.2 Å². The second kappa shape index (κ2) is 12.7. The van der Waals surface area contributed by atoms with E-state index in [1.807, 2.05) is 0 Å². The Balaban J connectivity index is 0.00000529. The molecule has 142 valence electrons. The van der Waals surface area contributed by atoms with Crippen LogP contribution in [0.1, 0.15) is 45.4 Å². The predicted octanol–water partition coefficient (Wildman–Crippen LogP) is 1.04. The minimum absolute atomic E-state index is 0. The van der Waals surface area contributed by atoms with Gasteiger partial charge in [-0.1, -0.05) is 26.2 Å². The number of rotatable bonds is 9. The van der Waals surface area contributed by atoms with Crippen molar-refractivity contribution in [1.29, 1.82) is 0 Å². The minimum atomic E-state index is -2.96. The zero-order chi connectivity index (χ0) is 17.1. The standard InChI is InChI=1S/C15H30N4O3S.HI/c1-3-4-5-6-9-17-15(16-2)18-10-7-14(20)19-13-8-11-23(21,22)12-13;/h13H,3-12H2,1-2H3,(H,19,20)(H2,16,17,18);1H. The summed E-state index contributed by atoms with van der Waals surface area (Å²) in [6.45, 7) is 3.52. The molecule has 1 heterocycles. The number of carbonyl (C=O) groups is 1. The van der Waals surface area contributed by atoms with Gasteiger partial charge in [0, 0.05) is 32.6 Å². The number of aliphatic imine (C=N–C) groups is 1. The van der Waals surface area contributed by atoms with E-state index in [0.29, 0.717) is 25.3 Å². The van der Waals surface area contributed by atoms with Crippen LogP contribution in [-0.4, -0.2) is 58.0 Å². The molecule has 1 saturated heterocycles. The topological polar surface area (TPSA) is 99.7 Å². The van der Waals surface area contributed by atoms with E-state index < -0.39 is 9.84 Å². The maximum absolute atomic E-state index is 11.8. The molecular formula is C15H31IN4O3S. The number of nitrogens with one attached hydrogen (secondary N) is 3. The minimum Gasteiger partial charge on any atom is -0.356 e. The van der Waals surface area contributed by atoms with Gasteiger partial charge in [0.2, 0.25) is 5.91 Å². The van der Waals surface area contributed by atoms with Crippen LogP contribution in [0.2, 0.25) is 0 Å². The summed E-state index contributed by atoms with van der Waals surface area (Å²) in [6, 6.07) is -0.233. The summed E-state index contributed by atoms with van der Waals surface area (Å²) in [4.78, 5) is 15.9. The summed E-state index contributed by atoms with van der Waals surface area (Å²) in [5.74, 6) is 0.800. The SMILES string of the molecule is CCCCCCNC(=NC)NCCC(=O)NC1CCS(=O)(=O)C1.I. The van der Waals surface area contributed by atoms with Crippen LogP contribution in [-0.2, 0) is 14.6 Å². The molecule has 0 radical (unpaired) electrons. The highest BCUT2D eigenvalue weighted by molar-refractivity contribution is 14.0. The molecule has 24 heavy (non-hydrogen) atoms. The molecule has 0 aliphatic carbocycles. The molecule has 1 unspecified atom stereocenters. The quantitative estimate of drug-likeness (QED) is 0.201. The van der Waals surface area contributed by atoms with Crippen LogP contribution in [0, 0.1) is 0 Å². The Morgan fingerprint density at radius 1 is 1.17 bits per heavy atom. The van der Waals surface area contributed by atoms with E-state index >= 15 is 0 Å². The molecule has 1 atom stereocenters. The van der Waals surface area contributed by atoms with E-state index in [1.54, 1.807) is 7.05 Å². The van der Waals surface area contributed by atoms with Crippen molar-refractivity contribution in [3.63, 3.8) is 0 Å². The van der Waals surface area contributed by atoms with Crippen molar-refractivity contribution in [2.45, 2.75) is 51.5 Å². The third-order valence-corrected chi connectivity index (χ3v) is 5.56. The van der Waals surface area contributed by atoms with Gasteiger partial charge in [0.1, 0.15) is 0 Å². The first kappa shape index (κ1) is 23.4. The first-order valence-corrected chi connectivity index (χ1v) is 10.2. The van der Waals surface area contributed by atoms with Gasteiger partial charge in [-0.05, 0) is 12.8 Å². The zero-order valence-corrected chi connectivity index (χ0v) is 17.8. The Morgan fingerprint density at radius 3 is 2.46 bits per heavy atom. The first-order chi connectivity index (χ1) is 11.0. The highest BCUT2D eigenvalue weighted by atomic mass is 127. The van der Waals surface area contributed by atoms with Gasteiger partial charge in [-0.15, -0.1) is 24.0 Å². The van der Waals surface area contributed by atoms with Gasteiger partial charge in [-0.2, -0.15) is 0 Å². The molecule has 0 aromatic rings. The van der Waals surface area contributed by atoms with Crippen molar-refractivity contribution in [1.82, 2.24) is 16.0 Å². The molecular weight excluding hydrogens is 443 g/mol. The number of halogens is 1. The Labute approximate surface area is 162 Å². The molecule has 1 amide bonds. The Kier molecular flexibility index (Phi) is 12.4. The van der Waals surface area contributed by atoms with Crippen LogP contribution in [0.4, 0.5) is 0 Å². The van der Waals surface area contributed by atoms with Gasteiger partial charge < -0.3 is 16.0 Å². The van der Waals surface area contributed by atoms with E-state index in [0.717, 1.165) is 13.0 Å². The monoisotopic (exact) mass is 474 g/mol. The fraction of sp³-hybridized carbons (Fsp3) is 0.867. The van der Waals surface area contributed by atoms with Crippen LogP contribution in [0.5, 0.6) is 0 Å². The van der Waals surface area contributed by atoms with Gasteiger partial charge in [0.25, 0.3) is 0 Å². The molecule has 1 fully saturated rings. The lowest BCUT2D eigenvalue weighted by Crippen LogP contribution is -2.41. The average molecular weight is 474 g/mol. The van der Waals surface area contributed by atoms with Crippen molar-refractivity contribution in [2.24, 2.45) is 4.99 Å². The van der Waals surface area contributed by atoms with E-state index in [2.05, 4.69) is 27.9 Å². The molecule has 7 nitrogen and oxygen atoms in total. The van der Waals surface area contributed by atoms with Crippen LogP contribution in [0.25, 0.3) is 0 Å². The second-order valence-electron chi connectivity index (χ2n) is 5.90. The average Bonchev–Trinajstić information content (AvgIpc) is 2.84. The lowest BCUT2D eigenvalue weighted by atomic mass is 10.2. The molecule has 3 N–H and O–H groups in total. The molecule has 1 rings (SSSR count). The summed E-state index contributed by atoms with van der Waals surface area (Å²) in [5.41, 5.74) is 0. The summed E-state index contributed by atoms with van der Waals surface area (Å²) in [6.07, 6.45) is 5.57. The van der Waals surface area contributed by atoms with Crippen LogP contribution >= 0.6 is 24.0 Å². The number of sulfone groups is 1. The van der Waals surface area contributed by atoms with Gasteiger partial charge in [-0.25, -0.2) is 8.42 Å². The van der Waals surface area contributed by atoms with E-state index in [1.165, 1.54) is 19.3 Å². The molecule has 0 saturated carbocycles. The largest absolute Gasteiger partial charge is 0.356 e. The fourth-order valence-electron chi connectivity index (χ4n) is 2.48. The number of hydrogen-bond acceptors (Lipinski definition) is 4. The highest BCUT2D eigenvalue weighted by Gasteiger charge is 2.28. The number of carbonyl (C=O) groups excluding carboxylic acids is 1. The maximum atomic E-state index is 11.8. The predicted molar refractivity (Wildman–Crippen MR) is 109 cm³/mol. The van der Waals surface area contributed by atoms with Gasteiger partial charge in [0.05, 0.1) is 11.5 Å². The summed E-state index contributed by atoms with van der Waals surface area (Å²) >= 11 is 0. The van der Waals surface area contributed by atoms with Crippen LogP contribution in [0.3, 0.4) is 0 Å². The normalized spacial score (nSPS) is 19.4. The zero-order valence-electron chi connectivity index (χ0n) is 14.6.